The van der Waals surface area contributed by atoms with Crippen molar-refractivity contribution in [3.8, 4) is 0 Å². The number of guanidine groups is 1. The van der Waals surface area contributed by atoms with Crippen molar-refractivity contribution in [2.24, 2.45) is 4.99 Å². The van der Waals surface area contributed by atoms with E-state index < -0.39 is 0 Å². The van der Waals surface area contributed by atoms with E-state index in [0.717, 1.165) is 17.5 Å². The number of carbonyl (C=O) groups excluding carboxylic acids is 1. The Labute approximate surface area is 146 Å². The maximum atomic E-state index is 12.9. The third kappa shape index (κ3) is 5.91. The molecule has 6 heteroatoms. The van der Waals surface area contributed by atoms with E-state index in [9.17, 15) is 9.18 Å². The molecule has 0 saturated heterocycles. The van der Waals surface area contributed by atoms with Crippen LogP contribution >= 0.6 is 0 Å². The molecule has 132 valence electrons. The summed E-state index contributed by atoms with van der Waals surface area (Å²) in [7, 11) is 3.06. The third-order valence-corrected chi connectivity index (χ3v) is 3.68. The van der Waals surface area contributed by atoms with E-state index in [4.69, 9.17) is 0 Å². The standard InChI is InChI=1S/C19H22FN3O2/c1-21-19(22-12-11-14-5-9-17(20)10-6-14)23-13-15-3-7-16(8-4-15)18(24)25-2/h3-10H,11-13H2,1-2H3,(H2,21,22,23). The maximum Gasteiger partial charge on any atom is 0.337 e. The van der Waals surface area contributed by atoms with Crippen LogP contribution in [0, 0.1) is 5.82 Å². The summed E-state index contributed by atoms with van der Waals surface area (Å²) < 4.78 is 17.5. The SMILES string of the molecule is CN=C(NCCc1ccc(F)cc1)NCc1ccc(C(=O)OC)cc1. The first-order valence-corrected chi connectivity index (χ1v) is 7.98. The van der Waals surface area contributed by atoms with E-state index in [2.05, 4.69) is 20.4 Å². The van der Waals surface area contributed by atoms with E-state index in [-0.39, 0.29) is 11.8 Å². The van der Waals surface area contributed by atoms with Gasteiger partial charge in [0.25, 0.3) is 0 Å². The minimum absolute atomic E-state index is 0.229. The van der Waals surface area contributed by atoms with E-state index in [1.807, 2.05) is 12.1 Å². The Hall–Kier alpha value is -2.89. The van der Waals surface area contributed by atoms with Crippen LogP contribution in [0.25, 0.3) is 0 Å². The van der Waals surface area contributed by atoms with Gasteiger partial charge >= 0.3 is 5.97 Å². The molecular formula is C19H22FN3O2. The Morgan fingerprint density at radius 3 is 2.28 bits per heavy atom. The Balaban J connectivity index is 1.78. The van der Waals surface area contributed by atoms with Crippen LogP contribution in [0.15, 0.2) is 53.5 Å². The molecule has 2 rings (SSSR count). The van der Waals surface area contributed by atoms with Crippen LogP contribution in [0.2, 0.25) is 0 Å². The first-order chi connectivity index (χ1) is 12.1. The van der Waals surface area contributed by atoms with E-state index in [1.54, 1.807) is 31.3 Å². The number of hydrogen-bond donors (Lipinski definition) is 2. The summed E-state index contributed by atoms with van der Waals surface area (Å²) in [6.45, 7) is 1.27. The number of halogens is 1. The Kier molecular flexibility index (Phi) is 6.95. The molecule has 0 fully saturated rings. The van der Waals surface area contributed by atoms with Crippen molar-refractivity contribution in [3.63, 3.8) is 0 Å². The van der Waals surface area contributed by atoms with Gasteiger partial charge in [0.05, 0.1) is 12.7 Å². The smallest absolute Gasteiger partial charge is 0.337 e. The van der Waals surface area contributed by atoms with Gasteiger partial charge in [-0.05, 0) is 41.8 Å². The van der Waals surface area contributed by atoms with Gasteiger partial charge in [-0.2, -0.15) is 0 Å². The number of hydrogen-bond acceptors (Lipinski definition) is 3. The first kappa shape index (κ1) is 18.4. The number of rotatable bonds is 6. The third-order valence-electron chi connectivity index (χ3n) is 3.68. The van der Waals surface area contributed by atoms with Gasteiger partial charge in [-0.25, -0.2) is 9.18 Å². The maximum absolute atomic E-state index is 12.9. The highest BCUT2D eigenvalue weighted by Crippen LogP contribution is 2.06. The predicted octanol–water partition coefficient (Wildman–Crippen LogP) is 2.52. The Morgan fingerprint density at radius 2 is 1.68 bits per heavy atom. The number of esters is 1. The molecule has 0 aliphatic rings. The van der Waals surface area contributed by atoms with Gasteiger partial charge in [-0.15, -0.1) is 0 Å². The van der Waals surface area contributed by atoms with Crippen molar-refractivity contribution < 1.29 is 13.9 Å². The molecule has 2 aromatic rings. The fourth-order valence-electron chi connectivity index (χ4n) is 2.26. The molecule has 5 nitrogen and oxygen atoms in total. The highest BCUT2D eigenvalue weighted by Gasteiger charge is 2.04. The molecule has 2 N–H and O–H groups in total. The minimum Gasteiger partial charge on any atom is -0.465 e. The Morgan fingerprint density at radius 1 is 1.04 bits per heavy atom. The van der Waals surface area contributed by atoms with Gasteiger partial charge in [-0.1, -0.05) is 24.3 Å². The lowest BCUT2D eigenvalue weighted by molar-refractivity contribution is 0.0600. The van der Waals surface area contributed by atoms with Crippen molar-refractivity contribution in [2.75, 3.05) is 20.7 Å². The van der Waals surface area contributed by atoms with Crippen molar-refractivity contribution in [1.82, 2.24) is 10.6 Å². The van der Waals surface area contributed by atoms with Crippen LogP contribution in [-0.4, -0.2) is 32.6 Å². The van der Waals surface area contributed by atoms with Gasteiger partial charge in [0, 0.05) is 20.1 Å². The zero-order valence-electron chi connectivity index (χ0n) is 14.4. The van der Waals surface area contributed by atoms with Crippen LogP contribution in [-0.2, 0) is 17.7 Å². The van der Waals surface area contributed by atoms with Gasteiger partial charge in [-0.3, -0.25) is 4.99 Å². The van der Waals surface area contributed by atoms with Gasteiger partial charge in [0.15, 0.2) is 5.96 Å². The molecule has 25 heavy (non-hydrogen) atoms. The van der Waals surface area contributed by atoms with Crippen LogP contribution in [0.5, 0.6) is 0 Å². The summed E-state index contributed by atoms with van der Waals surface area (Å²) in [4.78, 5) is 15.6. The van der Waals surface area contributed by atoms with Crippen LogP contribution < -0.4 is 10.6 Å². The number of benzene rings is 2. The first-order valence-electron chi connectivity index (χ1n) is 7.98. The summed E-state index contributed by atoms with van der Waals surface area (Å²) in [5.41, 5.74) is 2.60. The molecule has 0 saturated carbocycles. The number of aliphatic imine (C=N–C) groups is 1. The lowest BCUT2D eigenvalue weighted by Gasteiger charge is -2.12. The topological polar surface area (TPSA) is 62.7 Å². The predicted molar refractivity (Wildman–Crippen MR) is 96.1 cm³/mol. The summed E-state index contributed by atoms with van der Waals surface area (Å²) in [5.74, 6) is 0.101. The molecule has 0 aliphatic carbocycles. The van der Waals surface area contributed by atoms with Crippen LogP contribution in [0.3, 0.4) is 0 Å². The molecule has 0 amide bonds. The summed E-state index contributed by atoms with van der Waals surface area (Å²) in [6, 6.07) is 13.7. The summed E-state index contributed by atoms with van der Waals surface area (Å²) >= 11 is 0. The number of ether oxygens (including phenoxy) is 1. The molecule has 0 aromatic heterocycles. The molecule has 2 aromatic carbocycles. The van der Waals surface area contributed by atoms with Gasteiger partial charge < -0.3 is 15.4 Å². The van der Waals surface area contributed by atoms with E-state index >= 15 is 0 Å². The second-order valence-electron chi connectivity index (χ2n) is 5.42. The number of carbonyl (C=O) groups is 1. The molecule has 0 unspecified atom stereocenters. The van der Waals surface area contributed by atoms with E-state index in [1.165, 1.54) is 19.2 Å². The van der Waals surface area contributed by atoms with Crippen molar-refractivity contribution in [3.05, 3.63) is 71.0 Å². The van der Waals surface area contributed by atoms with Crippen molar-refractivity contribution >= 4 is 11.9 Å². The molecule has 0 radical (unpaired) electrons. The number of nitrogens with one attached hydrogen (secondary N) is 2. The zero-order valence-corrected chi connectivity index (χ0v) is 14.4. The zero-order chi connectivity index (χ0) is 18.1. The minimum atomic E-state index is -0.349. The lowest BCUT2D eigenvalue weighted by atomic mass is 10.1. The number of methoxy groups -OCH3 is 1. The molecular weight excluding hydrogens is 321 g/mol. The number of nitrogens with zero attached hydrogens (tertiary/aromatic N) is 1. The van der Waals surface area contributed by atoms with Crippen molar-refractivity contribution in [1.29, 1.82) is 0 Å². The largest absolute Gasteiger partial charge is 0.465 e. The highest BCUT2D eigenvalue weighted by atomic mass is 19.1. The summed E-state index contributed by atoms with van der Waals surface area (Å²) in [5, 5.41) is 6.42. The fourth-order valence-corrected chi connectivity index (χ4v) is 2.26. The second-order valence-corrected chi connectivity index (χ2v) is 5.42. The monoisotopic (exact) mass is 343 g/mol. The highest BCUT2D eigenvalue weighted by molar-refractivity contribution is 5.89. The molecule has 0 spiro atoms. The Bertz CT molecular complexity index is 712. The van der Waals surface area contributed by atoms with Gasteiger partial charge in [0.1, 0.15) is 5.82 Å². The fraction of sp³-hybridized carbons (Fsp3) is 0.263. The average Bonchev–Trinajstić information content (AvgIpc) is 2.65. The molecule has 0 aliphatic heterocycles. The second kappa shape index (κ2) is 9.42. The van der Waals surface area contributed by atoms with Crippen LogP contribution in [0.1, 0.15) is 21.5 Å². The summed E-state index contributed by atoms with van der Waals surface area (Å²) in [6.07, 6.45) is 0.773. The van der Waals surface area contributed by atoms with E-state index in [0.29, 0.717) is 24.6 Å². The normalized spacial score (nSPS) is 11.1. The molecule has 0 bridgehead atoms. The average molecular weight is 343 g/mol. The quantitative estimate of drug-likeness (QED) is 0.481. The van der Waals surface area contributed by atoms with Crippen molar-refractivity contribution in [2.45, 2.75) is 13.0 Å². The lowest BCUT2D eigenvalue weighted by Crippen LogP contribution is -2.37. The van der Waals surface area contributed by atoms with Gasteiger partial charge in [0.2, 0.25) is 0 Å². The van der Waals surface area contributed by atoms with Crippen LogP contribution in [0.4, 0.5) is 4.39 Å². The molecule has 0 atom stereocenters. The molecule has 0 heterocycles.